The minimum atomic E-state index is 0.373. The van der Waals surface area contributed by atoms with Gasteiger partial charge in [-0.3, -0.25) is 0 Å². The Hall–Kier alpha value is -0.380. The van der Waals surface area contributed by atoms with Crippen LogP contribution in [0.4, 0.5) is 0 Å². The fourth-order valence-electron chi connectivity index (χ4n) is 2.95. The summed E-state index contributed by atoms with van der Waals surface area (Å²) in [5, 5.41) is 3.77. The highest BCUT2D eigenvalue weighted by molar-refractivity contribution is 9.10. The van der Waals surface area contributed by atoms with Crippen LogP contribution in [0, 0.1) is 5.92 Å². The monoisotopic (exact) mass is 310 g/mol. The fourth-order valence-corrected chi connectivity index (χ4v) is 3.57. The molecular formula is C15H23BrN2. The zero-order chi connectivity index (χ0) is 13.0. The molecule has 2 unspecified atom stereocenters. The minimum Gasteiger partial charge on any atom is -0.330 e. The molecule has 18 heavy (non-hydrogen) atoms. The highest BCUT2D eigenvalue weighted by Crippen LogP contribution is 2.28. The van der Waals surface area contributed by atoms with E-state index in [-0.39, 0.29) is 0 Å². The number of nitrogens with one attached hydrogen (secondary N) is 1. The molecule has 0 aromatic heterocycles. The van der Waals surface area contributed by atoms with Crippen LogP contribution >= 0.6 is 15.9 Å². The molecule has 0 amide bonds. The Kier molecular flexibility index (Phi) is 5.22. The summed E-state index contributed by atoms with van der Waals surface area (Å²) in [5.74, 6) is 0.642. The molecule has 1 aliphatic carbocycles. The lowest BCUT2D eigenvalue weighted by Crippen LogP contribution is -2.42. The molecule has 3 atom stereocenters. The SMILES string of the molecule is C[C@H](NC1CCCCC1CN)c1ccccc1Br. The molecule has 0 heterocycles. The van der Waals surface area contributed by atoms with Gasteiger partial charge < -0.3 is 11.1 Å². The van der Waals surface area contributed by atoms with Gasteiger partial charge in [0.25, 0.3) is 0 Å². The predicted octanol–water partition coefficient (Wildman–Crippen LogP) is 3.62. The van der Waals surface area contributed by atoms with Gasteiger partial charge in [-0.1, -0.05) is 47.0 Å². The highest BCUT2D eigenvalue weighted by atomic mass is 79.9. The smallest absolute Gasteiger partial charge is 0.0305 e. The molecule has 3 heteroatoms. The molecule has 100 valence electrons. The molecule has 1 aromatic rings. The standard InChI is InChI=1S/C15H23BrN2/c1-11(13-7-3-4-8-14(13)16)18-15-9-5-2-6-12(15)10-17/h3-4,7-8,11-12,15,18H,2,5-6,9-10,17H2,1H3/t11-,12?,15?/m0/s1. The van der Waals surface area contributed by atoms with Crippen LogP contribution < -0.4 is 11.1 Å². The Morgan fingerprint density at radius 1 is 1.33 bits per heavy atom. The summed E-state index contributed by atoms with van der Waals surface area (Å²) in [7, 11) is 0. The van der Waals surface area contributed by atoms with Crippen molar-refractivity contribution in [3.63, 3.8) is 0 Å². The van der Waals surface area contributed by atoms with E-state index in [0.29, 0.717) is 18.0 Å². The van der Waals surface area contributed by atoms with Crippen LogP contribution in [0.1, 0.15) is 44.2 Å². The van der Waals surface area contributed by atoms with E-state index in [9.17, 15) is 0 Å². The highest BCUT2D eigenvalue weighted by Gasteiger charge is 2.25. The molecule has 1 aromatic carbocycles. The average Bonchev–Trinajstić information content (AvgIpc) is 2.39. The zero-order valence-electron chi connectivity index (χ0n) is 11.0. The van der Waals surface area contributed by atoms with Crippen LogP contribution in [0.5, 0.6) is 0 Å². The Morgan fingerprint density at radius 3 is 2.78 bits per heavy atom. The lowest BCUT2D eigenvalue weighted by Gasteiger charge is -2.34. The first kappa shape index (κ1) is 14.0. The first-order valence-corrected chi connectivity index (χ1v) is 7.72. The van der Waals surface area contributed by atoms with Gasteiger partial charge in [-0.25, -0.2) is 0 Å². The van der Waals surface area contributed by atoms with Crippen LogP contribution in [-0.2, 0) is 0 Å². The van der Waals surface area contributed by atoms with E-state index in [1.54, 1.807) is 0 Å². The van der Waals surface area contributed by atoms with Crippen LogP contribution in [0.25, 0.3) is 0 Å². The van der Waals surface area contributed by atoms with Crippen molar-refractivity contribution in [1.82, 2.24) is 5.32 Å². The number of benzene rings is 1. The quantitative estimate of drug-likeness (QED) is 0.891. The van der Waals surface area contributed by atoms with Gasteiger partial charge in [0.2, 0.25) is 0 Å². The van der Waals surface area contributed by atoms with E-state index >= 15 is 0 Å². The predicted molar refractivity (Wildman–Crippen MR) is 80.5 cm³/mol. The number of nitrogens with two attached hydrogens (primary N) is 1. The average molecular weight is 311 g/mol. The van der Waals surface area contributed by atoms with E-state index < -0.39 is 0 Å². The molecule has 2 rings (SSSR count). The zero-order valence-corrected chi connectivity index (χ0v) is 12.6. The summed E-state index contributed by atoms with van der Waals surface area (Å²) in [4.78, 5) is 0. The maximum atomic E-state index is 5.89. The molecule has 2 nitrogen and oxygen atoms in total. The molecule has 0 spiro atoms. The van der Waals surface area contributed by atoms with Gasteiger partial charge in [-0.05, 0) is 43.9 Å². The van der Waals surface area contributed by atoms with Gasteiger partial charge in [0.15, 0.2) is 0 Å². The summed E-state index contributed by atoms with van der Waals surface area (Å²) in [6.45, 7) is 3.04. The van der Waals surface area contributed by atoms with Gasteiger partial charge in [0, 0.05) is 16.6 Å². The molecule has 1 saturated carbocycles. The van der Waals surface area contributed by atoms with E-state index in [1.807, 2.05) is 0 Å². The van der Waals surface area contributed by atoms with Crippen LogP contribution in [0.15, 0.2) is 28.7 Å². The first-order chi connectivity index (χ1) is 8.72. The van der Waals surface area contributed by atoms with Crippen molar-refractivity contribution in [3.05, 3.63) is 34.3 Å². The van der Waals surface area contributed by atoms with Crippen LogP contribution in [-0.4, -0.2) is 12.6 Å². The van der Waals surface area contributed by atoms with E-state index in [4.69, 9.17) is 5.73 Å². The van der Waals surface area contributed by atoms with Gasteiger partial charge >= 0.3 is 0 Å². The van der Waals surface area contributed by atoms with E-state index in [2.05, 4.69) is 52.4 Å². The molecule has 1 fully saturated rings. The van der Waals surface area contributed by atoms with Crippen molar-refractivity contribution in [2.45, 2.75) is 44.7 Å². The number of halogens is 1. The van der Waals surface area contributed by atoms with Crippen molar-refractivity contribution >= 4 is 15.9 Å². The summed E-state index contributed by atoms with van der Waals surface area (Å²) < 4.78 is 1.19. The maximum absolute atomic E-state index is 5.89. The van der Waals surface area contributed by atoms with Crippen molar-refractivity contribution in [1.29, 1.82) is 0 Å². The summed E-state index contributed by atoms with van der Waals surface area (Å²) in [6, 6.07) is 9.39. The number of hydrogen-bond donors (Lipinski definition) is 2. The maximum Gasteiger partial charge on any atom is 0.0305 e. The molecule has 0 bridgehead atoms. The molecule has 3 N–H and O–H groups in total. The van der Waals surface area contributed by atoms with Gasteiger partial charge in [-0.15, -0.1) is 0 Å². The fraction of sp³-hybridized carbons (Fsp3) is 0.600. The summed E-state index contributed by atoms with van der Waals surface area (Å²) in [5.41, 5.74) is 7.22. The second-order valence-electron chi connectivity index (χ2n) is 5.30. The third-order valence-corrected chi connectivity index (χ3v) is 4.77. The van der Waals surface area contributed by atoms with Gasteiger partial charge in [0.05, 0.1) is 0 Å². The van der Waals surface area contributed by atoms with Crippen molar-refractivity contribution in [2.75, 3.05) is 6.54 Å². The Labute approximate surface area is 118 Å². The van der Waals surface area contributed by atoms with E-state index in [1.165, 1.54) is 35.7 Å². The Balaban J connectivity index is 2.02. The van der Waals surface area contributed by atoms with Crippen molar-refractivity contribution in [3.8, 4) is 0 Å². The van der Waals surface area contributed by atoms with Crippen molar-refractivity contribution < 1.29 is 0 Å². The third-order valence-electron chi connectivity index (χ3n) is 4.05. The molecule has 0 saturated heterocycles. The van der Waals surface area contributed by atoms with Gasteiger partial charge in [0.1, 0.15) is 0 Å². The van der Waals surface area contributed by atoms with E-state index in [0.717, 1.165) is 6.54 Å². The first-order valence-electron chi connectivity index (χ1n) is 6.93. The third kappa shape index (κ3) is 3.34. The lowest BCUT2D eigenvalue weighted by atomic mass is 9.84. The van der Waals surface area contributed by atoms with Crippen molar-refractivity contribution in [2.24, 2.45) is 11.7 Å². The number of rotatable bonds is 4. The van der Waals surface area contributed by atoms with Gasteiger partial charge in [-0.2, -0.15) is 0 Å². The molecular weight excluding hydrogens is 288 g/mol. The largest absolute Gasteiger partial charge is 0.330 e. The van der Waals surface area contributed by atoms with Crippen LogP contribution in [0.3, 0.4) is 0 Å². The Morgan fingerprint density at radius 2 is 2.06 bits per heavy atom. The molecule has 1 aliphatic rings. The molecule has 0 aliphatic heterocycles. The normalized spacial score (nSPS) is 25.9. The number of hydrogen-bond acceptors (Lipinski definition) is 2. The topological polar surface area (TPSA) is 38.0 Å². The lowest BCUT2D eigenvalue weighted by molar-refractivity contribution is 0.252. The second kappa shape index (κ2) is 6.69. The second-order valence-corrected chi connectivity index (χ2v) is 6.15. The summed E-state index contributed by atoms with van der Waals surface area (Å²) in [6.07, 6.45) is 5.20. The summed E-state index contributed by atoms with van der Waals surface area (Å²) >= 11 is 3.63. The molecule has 0 radical (unpaired) electrons. The Bertz CT molecular complexity index is 381. The minimum absolute atomic E-state index is 0.373. The van der Waals surface area contributed by atoms with Crippen LogP contribution in [0.2, 0.25) is 0 Å².